The normalized spacial score (nSPS) is 18.2. The molecule has 5 heteroatoms. The lowest BCUT2D eigenvalue weighted by atomic mass is 9.83. The maximum absolute atomic E-state index is 5.96. The molecule has 0 spiro atoms. The van der Waals surface area contributed by atoms with E-state index in [2.05, 4.69) is 43.2 Å². The number of halogens is 1. The zero-order chi connectivity index (χ0) is 15.5. The Hall–Kier alpha value is -0.980. The van der Waals surface area contributed by atoms with Gasteiger partial charge in [0.15, 0.2) is 5.96 Å². The van der Waals surface area contributed by atoms with Crippen LogP contribution in [0.3, 0.4) is 0 Å². The number of ether oxygens (including phenoxy) is 1. The Balaban J connectivity index is 0.00000242. The zero-order valence-corrected chi connectivity index (χ0v) is 16.3. The Labute approximate surface area is 150 Å². The zero-order valence-electron chi connectivity index (χ0n) is 14.0. The fourth-order valence-electron chi connectivity index (χ4n) is 2.84. The molecule has 1 aliphatic carbocycles. The topological polar surface area (TPSA) is 59.6 Å². The van der Waals surface area contributed by atoms with Gasteiger partial charge < -0.3 is 15.8 Å². The van der Waals surface area contributed by atoms with Gasteiger partial charge in [-0.2, -0.15) is 0 Å². The highest BCUT2D eigenvalue weighted by Crippen LogP contribution is 2.33. The summed E-state index contributed by atoms with van der Waals surface area (Å²) in [5.41, 5.74) is 8.70. The summed E-state index contributed by atoms with van der Waals surface area (Å²) in [5.74, 6) is 1.93. The number of nitrogens with one attached hydrogen (secondary N) is 1. The minimum Gasteiger partial charge on any atom is -0.497 e. The van der Waals surface area contributed by atoms with Crippen LogP contribution in [0.2, 0.25) is 0 Å². The molecule has 0 radical (unpaired) electrons. The number of hydrogen-bond acceptors (Lipinski definition) is 2. The lowest BCUT2D eigenvalue weighted by Gasteiger charge is -2.25. The number of rotatable bonds is 3. The second-order valence-corrected chi connectivity index (χ2v) is 6.75. The molecule has 0 saturated heterocycles. The number of fused-ring (bicyclic) bond motifs is 1. The Kier molecular flexibility index (Phi) is 6.97. The molecule has 1 aliphatic rings. The fraction of sp³-hybridized carbons (Fsp3) is 0.588. The molecule has 124 valence electrons. The summed E-state index contributed by atoms with van der Waals surface area (Å²) >= 11 is 0. The quantitative estimate of drug-likeness (QED) is 0.450. The first kappa shape index (κ1) is 19.1. The summed E-state index contributed by atoms with van der Waals surface area (Å²) in [4.78, 5) is 4.53. The van der Waals surface area contributed by atoms with Crippen molar-refractivity contribution in [3.63, 3.8) is 0 Å². The number of aliphatic imine (C=N–C) groups is 1. The maximum Gasteiger partial charge on any atom is 0.189 e. The lowest BCUT2D eigenvalue weighted by molar-refractivity contribution is 0.413. The van der Waals surface area contributed by atoms with Crippen molar-refractivity contribution in [2.45, 2.75) is 51.5 Å². The molecule has 0 aromatic heterocycles. The molecule has 2 rings (SSSR count). The molecule has 0 bridgehead atoms. The second-order valence-electron chi connectivity index (χ2n) is 6.75. The minimum absolute atomic E-state index is 0. The molecule has 1 unspecified atom stereocenters. The average molecular weight is 417 g/mol. The van der Waals surface area contributed by atoms with Crippen molar-refractivity contribution in [2.24, 2.45) is 10.7 Å². The number of methoxy groups -OCH3 is 1. The van der Waals surface area contributed by atoms with Gasteiger partial charge in [-0.25, -0.2) is 0 Å². The van der Waals surface area contributed by atoms with Gasteiger partial charge in [0, 0.05) is 18.0 Å². The molecule has 0 fully saturated rings. The monoisotopic (exact) mass is 417 g/mol. The van der Waals surface area contributed by atoms with Crippen LogP contribution in [0, 0.1) is 0 Å². The second kappa shape index (κ2) is 8.04. The van der Waals surface area contributed by atoms with Crippen molar-refractivity contribution in [1.29, 1.82) is 0 Å². The fourth-order valence-corrected chi connectivity index (χ4v) is 2.84. The molecule has 0 saturated carbocycles. The van der Waals surface area contributed by atoms with Gasteiger partial charge in [-0.3, -0.25) is 4.99 Å². The number of aryl methyl sites for hydroxylation is 1. The van der Waals surface area contributed by atoms with E-state index >= 15 is 0 Å². The third-order valence-corrected chi connectivity index (χ3v) is 3.77. The first-order chi connectivity index (χ1) is 9.89. The summed E-state index contributed by atoms with van der Waals surface area (Å²) in [5, 5.41) is 3.21. The average Bonchev–Trinajstić information content (AvgIpc) is 2.42. The highest BCUT2D eigenvalue weighted by molar-refractivity contribution is 14.0. The largest absolute Gasteiger partial charge is 0.497 e. The number of hydrogen-bond donors (Lipinski definition) is 2. The summed E-state index contributed by atoms with van der Waals surface area (Å²) < 4.78 is 5.31. The van der Waals surface area contributed by atoms with Gasteiger partial charge in [-0.1, -0.05) is 6.07 Å². The van der Waals surface area contributed by atoms with Crippen LogP contribution in [0.1, 0.15) is 50.7 Å². The highest BCUT2D eigenvalue weighted by Gasteiger charge is 2.20. The van der Waals surface area contributed by atoms with E-state index < -0.39 is 0 Å². The predicted octanol–water partition coefficient (Wildman–Crippen LogP) is 3.44. The van der Waals surface area contributed by atoms with Crippen LogP contribution in [0.25, 0.3) is 0 Å². The first-order valence-electron chi connectivity index (χ1n) is 7.64. The van der Waals surface area contributed by atoms with Crippen LogP contribution in [-0.4, -0.2) is 25.2 Å². The summed E-state index contributed by atoms with van der Waals surface area (Å²) in [6, 6.07) is 6.38. The minimum atomic E-state index is -0.0502. The summed E-state index contributed by atoms with van der Waals surface area (Å²) in [6.07, 6.45) is 3.50. The number of nitrogens with zero attached hydrogens (tertiary/aromatic N) is 1. The number of nitrogens with two attached hydrogens (primary N) is 1. The molecule has 4 nitrogen and oxygen atoms in total. The van der Waals surface area contributed by atoms with Crippen molar-refractivity contribution in [2.75, 3.05) is 13.7 Å². The van der Waals surface area contributed by atoms with E-state index in [1.54, 1.807) is 7.11 Å². The lowest BCUT2D eigenvalue weighted by Crippen LogP contribution is -2.45. The predicted molar refractivity (Wildman–Crippen MR) is 103 cm³/mol. The van der Waals surface area contributed by atoms with Gasteiger partial charge in [0.05, 0.1) is 7.11 Å². The SMILES string of the molecule is COc1ccc2c(c1)CCCC2CN=C(N)NC(C)(C)C.I. The molecular formula is C17H28IN3O. The van der Waals surface area contributed by atoms with Crippen molar-refractivity contribution < 1.29 is 4.74 Å². The van der Waals surface area contributed by atoms with Gasteiger partial charge in [-0.05, 0) is 63.3 Å². The Morgan fingerprint density at radius 2 is 2.14 bits per heavy atom. The smallest absolute Gasteiger partial charge is 0.189 e. The van der Waals surface area contributed by atoms with E-state index in [0.29, 0.717) is 11.9 Å². The first-order valence-corrected chi connectivity index (χ1v) is 7.64. The van der Waals surface area contributed by atoms with Gasteiger partial charge >= 0.3 is 0 Å². The number of guanidine groups is 1. The van der Waals surface area contributed by atoms with E-state index in [0.717, 1.165) is 18.7 Å². The molecule has 0 amide bonds. The molecule has 22 heavy (non-hydrogen) atoms. The van der Waals surface area contributed by atoms with Crippen molar-refractivity contribution in [1.82, 2.24) is 5.32 Å². The van der Waals surface area contributed by atoms with E-state index in [1.165, 1.54) is 24.0 Å². The van der Waals surface area contributed by atoms with Crippen molar-refractivity contribution >= 4 is 29.9 Å². The molecule has 0 aliphatic heterocycles. The Morgan fingerprint density at radius 1 is 1.41 bits per heavy atom. The Morgan fingerprint density at radius 3 is 2.77 bits per heavy atom. The van der Waals surface area contributed by atoms with Crippen LogP contribution >= 0.6 is 24.0 Å². The van der Waals surface area contributed by atoms with Crippen molar-refractivity contribution in [3.05, 3.63) is 29.3 Å². The van der Waals surface area contributed by atoms with Gasteiger partial charge in [0.25, 0.3) is 0 Å². The molecule has 0 heterocycles. The van der Waals surface area contributed by atoms with Crippen LogP contribution in [0.5, 0.6) is 5.75 Å². The molecule has 1 atom stereocenters. The van der Waals surface area contributed by atoms with Crippen molar-refractivity contribution in [3.8, 4) is 5.75 Å². The molecule has 1 aromatic carbocycles. The maximum atomic E-state index is 5.96. The highest BCUT2D eigenvalue weighted by atomic mass is 127. The summed E-state index contributed by atoms with van der Waals surface area (Å²) in [7, 11) is 1.71. The van der Waals surface area contributed by atoms with E-state index in [-0.39, 0.29) is 29.5 Å². The standard InChI is InChI=1S/C17H27N3O.HI/c1-17(2,3)20-16(18)19-11-13-7-5-6-12-10-14(21-4)8-9-15(12)13;/h8-10,13H,5-7,11H2,1-4H3,(H3,18,19,20);1H. The van der Waals surface area contributed by atoms with Crippen LogP contribution < -0.4 is 15.8 Å². The van der Waals surface area contributed by atoms with E-state index in [4.69, 9.17) is 10.5 Å². The third kappa shape index (κ3) is 5.34. The van der Waals surface area contributed by atoms with Crippen LogP contribution in [0.15, 0.2) is 23.2 Å². The van der Waals surface area contributed by atoms with E-state index in [9.17, 15) is 0 Å². The van der Waals surface area contributed by atoms with Crippen LogP contribution in [0.4, 0.5) is 0 Å². The van der Waals surface area contributed by atoms with Gasteiger partial charge in [0.2, 0.25) is 0 Å². The molecule has 3 N–H and O–H groups in total. The third-order valence-electron chi connectivity index (χ3n) is 3.77. The van der Waals surface area contributed by atoms with Crippen LogP contribution in [-0.2, 0) is 6.42 Å². The molecule has 1 aromatic rings. The van der Waals surface area contributed by atoms with Gasteiger partial charge in [-0.15, -0.1) is 24.0 Å². The van der Waals surface area contributed by atoms with E-state index in [1.807, 2.05) is 6.07 Å². The Bertz CT molecular complexity index is 523. The van der Waals surface area contributed by atoms with Gasteiger partial charge in [0.1, 0.15) is 5.75 Å². The number of benzene rings is 1. The molecular weight excluding hydrogens is 389 g/mol. The summed E-state index contributed by atoms with van der Waals surface area (Å²) in [6.45, 7) is 6.99.